The zero-order chi connectivity index (χ0) is 7.68. The molecule has 1 aliphatic carbocycles. The van der Waals surface area contributed by atoms with Crippen LogP contribution in [0.2, 0.25) is 0 Å². The maximum Gasteiger partial charge on any atom is 0.147 e. The molecule has 0 radical (unpaired) electrons. The van der Waals surface area contributed by atoms with Gasteiger partial charge < -0.3 is 14.8 Å². The van der Waals surface area contributed by atoms with Crippen LogP contribution >= 0.6 is 0 Å². The number of ether oxygens (including phenoxy) is 2. The molecule has 1 saturated heterocycles. The first kappa shape index (κ1) is 7.53. The van der Waals surface area contributed by atoms with E-state index < -0.39 is 0 Å². The summed E-state index contributed by atoms with van der Waals surface area (Å²) in [6.45, 7) is 1.61. The summed E-state index contributed by atoms with van der Waals surface area (Å²) in [6.07, 6.45) is 3.14. The molecular formula is C8H15NO2. The molecule has 0 spiro atoms. The van der Waals surface area contributed by atoms with E-state index in [4.69, 9.17) is 9.47 Å². The Bertz CT molecular complexity index is 128. The summed E-state index contributed by atoms with van der Waals surface area (Å²) < 4.78 is 10.8. The van der Waals surface area contributed by atoms with Crippen LogP contribution in [0.25, 0.3) is 0 Å². The monoisotopic (exact) mass is 157 g/mol. The van der Waals surface area contributed by atoms with Gasteiger partial charge in [-0.25, -0.2) is 0 Å². The van der Waals surface area contributed by atoms with Crippen molar-refractivity contribution >= 4 is 0 Å². The van der Waals surface area contributed by atoms with Crippen LogP contribution in [0, 0.1) is 5.92 Å². The van der Waals surface area contributed by atoms with Crippen LogP contribution in [0.4, 0.5) is 0 Å². The molecule has 1 saturated carbocycles. The zero-order valence-electron chi connectivity index (χ0n) is 6.88. The SMILES string of the molecule is CNCC1CC2OCO[C@@H]2C1. The summed E-state index contributed by atoms with van der Waals surface area (Å²) in [6, 6.07) is 0. The predicted octanol–water partition coefficient (Wildman–Crippen LogP) is 0.357. The summed E-state index contributed by atoms with van der Waals surface area (Å²) in [5, 5.41) is 3.19. The highest BCUT2D eigenvalue weighted by atomic mass is 16.7. The second-order valence-electron chi connectivity index (χ2n) is 3.42. The van der Waals surface area contributed by atoms with Crippen LogP contribution in [0.3, 0.4) is 0 Å². The Morgan fingerprint density at radius 2 is 1.91 bits per heavy atom. The van der Waals surface area contributed by atoms with Crippen LogP contribution in [-0.2, 0) is 9.47 Å². The summed E-state index contributed by atoms with van der Waals surface area (Å²) >= 11 is 0. The standard InChI is InChI=1S/C8H15NO2/c1-9-4-6-2-7-8(3-6)11-5-10-7/h6-9H,2-5H2,1H3/t6?,7-,8?/m1/s1. The Balaban J connectivity index is 1.84. The third kappa shape index (κ3) is 1.41. The lowest BCUT2D eigenvalue weighted by Crippen LogP contribution is -2.17. The normalized spacial score (nSPS) is 42.8. The first-order valence-corrected chi connectivity index (χ1v) is 4.28. The molecule has 3 nitrogen and oxygen atoms in total. The molecular weight excluding hydrogens is 142 g/mol. The van der Waals surface area contributed by atoms with Gasteiger partial charge in [0, 0.05) is 0 Å². The van der Waals surface area contributed by atoms with Gasteiger partial charge in [-0.1, -0.05) is 0 Å². The van der Waals surface area contributed by atoms with Crippen molar-refractivity contribution in [2.24, 2.45) is 5.92 Å². The van der Waals surface area contributed by atoms with Crippen LogP contribution in [-0.4, -0.2) is 32.6 Å². The fourth-order valence-electron chi connectivity index (χ4n) is 2.08. The maximum absolute atomic E-state index is 5.40. The molecule has 2 rings (SSSR count). The number of rotatable bonds is 2. The molecule has 0 bridgehead atoms. The van der Waals surface area contributed by atoms with Gasteiger partial charge >= 0.3 is 0 Å². The van der Waals surface area contributed by atoms with E-state index in [1.165, 1.54) is 12.8 Å². The summed E-state index contributed by atoms with van der Waals surface area (Å²) in [5.74, 6) is 0.760. The van der Waals surface area contributed by atoms with E-state index in [0.29, 0.717) is 19.0 Å². The van der Waals surface area contributed by atoms with Crippen molar-refractivity contribution < 1.29 is 9.47 Å². The van der Waals surface area contributed by atoms with Crippen LogP contribution in [0.1, 0.15) is 12.8 Å². The summed E-state index contributed by atoms with van der Waals surface area (Å²) in [5.41, 5.74) is 0. The predicted molar refractivity (Wildman–Crippen MR) is 41.3 cm³/mol. The van der Waals surface area contributed by atoms with Gasteiger partial charge in [0.05, 0.1) is 12.2 Å². The average molecular weight is 157 g/mol. The van der Waals surface area contributed by atoms with Gasteiger partial charge in [-0.2, -0.15) is 0 Å². The van der Waals surface area contributed by atoms with Crippen molar-refractivity contribution in [3.63, 3.8) is 0 Å². The number of nitrogens with one attached hydrogen (secondary N) is 1. The number of hydrogen-bond acceptors (Lipinski definition) is 3. The van der Waals surface area contributed by atoms with Crippen molar-refractivity contribution in [2.45, 2.75) is 25.0 Å². The van der Waals surface area contributed by atoms with Crippen LogP contribution in [0.15, 0.2) is 0 Å². The van der Waals surface area contributed by atoms with Gasteiger partial charge in [0.2, 0.25) is 0 Å². The molecule has 0 aromatic heterocycles. The molecule has 0 amide bonds. The molecule has 3 atom stereocenters. The minimum atomic E-state index is 0.397. The van der Waals surface area contributed by atoms with E-state index >= 15 is 0 Å². The molecule has 3 heteroatoms. The Kier molecular flexibility index (Phi) is 2.11. The lowest BCUT2D eigenvalue weighted by molar-refractivity contribution is 0.0227. The Hall–Kier alpha value is -0.120. The largest absolute Gasteiger partial charge is 0.349 e. The molecule has 0 aromatic rings. The van der Waals surface area contributed by atoms with Crippen molar-refractivity contribution in [3.8, 4) is 0 Å². The molecule has 1 aliphatic heterocycles. The maximum atomic E-state index is 5.40. The topological polar surface area (TPSA) is 30.5 Å². The quantitative estimate of drug-likeness (QED) is 0.627. The molecule has 2 fully saturated rings. The van der Waals surface area contributed by atoms with Crippen LogP contribution in [0.5, 0.6) is 0 Å². The molecule has 11 heavy (non-hydrogen) atoms. The van der Waals surface area contributed by atoms with Gasteiger partial charge in [-0.3, -0.25) is 0 Å². The Morgan fingerprint density at radius 1 is 1.27 bits per heavy atom. The van der Waals surface area contributed by atoms with Gasteiger partial charge in [-0.05, 0) is 32.4 Å². The van der Waals surface area contributed by atoms with Gasteiger partial charge in [-0.15, -0.1) is 0 Å². The van der Waals surface area contributed by atoms with E-state index in [0.717, 1.165) is 12.5 Å². The van der Waals surface area contributed by atoms with Crippen LogP contribution < -0.4 is 5.32 Å². The molecule has 64 valence electrons. The molecule has 1 heterocycles. The van der Waals surface area contributed by atoms with Crippen molar-refractivity contribution in [3.05, 3.63) is 0 Å². The molecule has 2 unspecified atom stereocenters. The summed E-state index contributed by atoms with van der Waals surface area (Å²) in [7, 11) is 2.00. The smallest absolute Gasteiger partial charge is 0.147 e. The van der Waals surface area contributed by atoms with Gasteiger partial charge in [0.25, 0.3) is 0 Å². The number of hydrogen-bond donors (Lipinski definition) is 1. The first-order chi connectivity index (χ1) is 5.40. The third-order valence-corrected chi connectivity index (χ3v) is 2.60. The minimum Gasteiger partial charge on any atom is -0.349 e. The second-order valence-corrected chi connectivity index (χ2v) is 3.42. The Morgan fingerprint density at radius 3 is 2.45 bits per heavy atom. The van der Waals surface area contributed by atoms with E-state index in [1.54, 1.807) is 0 Å². The van der Waals surface area contributed by atoms with Crippen molar-refractivity contribution in [2.75, 3.05) is 20.4 Å². The second kappa shape index (κ2) is 3.09. The van der Waals surface area contributed by atoms with Gasteiger partial charge in [0.15, 0.2) is 0 Å². The minimum absolute atomic E-state index is 0.397. The average Bonchev–Trinajstić information content (AvgIpc) is 2.46. The Labute approximate surface area is 67.1 Å². The lowest BCUT2D eigenvalue weighted by Gasteiger charge is -2.08. The van der Waals surface area contributed by atoms with E-state index in [2.05, 4.69) is 5.32 Å². The lowest BCUT2D eigenvalue weighted by atomic mass is 10.1. The fraction of sp³-hybridized carbons (Fsp3) is 1.00. The first-order valence-electron chi connectivity index (χ1n) is 4.28. The van der Waals surface area contributed by atoms with Crippen molar-refractivity contribution in [1.82, 2.24) is 5.32 Å². The highest BCUT2D eigenvalue weighted by Crippen LogP contribution is 2.33. The zero-order valence-corrected chi connectivity index (χ0v) is 6.88. The third-order valence-electron chi connectivity index (χ3n) is 2.60. The molecule has 1 N–H and O–H groups in total. The highest BCUT2D eigenvalue weighted by Gasteiger charge is 2.38. The molecule has 2 aliphatic rings. The highest BCUT2D eigenvalue weighted by molar-refractivity contribution is 4.87. The van der Waals surface area contributed by atoms with E-state index in [-0.39, 0.29) is 0 Å². The summed E-state index contributed by atoms with van der Waals surface area (Å²) in [4.78, 5) is 0. The van der Waals surface area contributed by atoms with Gasteiger partial charge in [0.1, 0.15) is 6.79 Å². The fourth-order valence-corrected chi connectivity index (χ4v) is 2.08. The van der Waals surface area contributed by atoms with E-state index in [9.17, 15) is 0 Å². The van der Waals surface area contributed by atoms with E-state index in [1.807, 2.05) is 7.05 Å². The molecule has 0 aromatic carbocycles. The number of fused-ring (bicyclic) bond motifs is 1. The van der Waals surface area contributed by atoms with Crippen molar-refractivity contribution in [1.29, 1.82) is 0 Å².